The third-order valence-electron chi connectivity index (χ3n) is 2.76. The van der Waals surface area contributed by atoms with Crippen LogP contribution in [-0.2, 0) is 4.74 Å². The van der Waals surface area contributed by atoms with Crippen molar-refractivity contribution >= 4 is 23.3 Å². The predicted molar refractivity (Wildman–Crippen MR) is 83.6 cm³/mol. The predicted octanol–water partition coefficient (Wildman–Crippen LogP) is 2.56. The molecule has 5 heteroatoms. The summed E-state index contributed by atoms with van der Waals surface area (Å²) in [5.74, 6) is 1.08. The molecule has 0 saturated heterocycles. The van der Waals surface area contributed by atoms with Crippen molar-refractivity contribution in [2.75, 3.05) is 37.5 Å². The Morgan fingerprint density at radius 1 is 1.42 bits per heavy atom. The number of amidine groups is 1. The SMILES string of the molecule is CCOCCN(C)c1cccc(SCC)c1C(=N)N. The van der Waals surface area contributed by atoms with Gasteiger partial charge < -0.3 is 15.4 Å². The van der Waals surface area contributed by atoms with Gasteiger partial charge in [0.15, 0.2) is 0 Å². The first-order valence-corrected chi connectivity index (χ1v) is 7.49. The van der Waals surface area contributed by atoms with Crippen LogP contribution in [0.1, 0.15) is 19.4 Å². The molecule has 0 atom stereocenters. The Morgan fingerprint density at radius 2 is 2.16 bits per heavy atom. The highest BCUT2D eigenvalue weighted by atomic mass is 32.2. The van der Waals surface area contributed by atoms with Crippen molar-refractivity contribution in [2.45, 2.75) is 18.7 Å². The van der Waals surface area contributed by atoms with E-state index in [-0.39, 0.29) is 5.84 Å². The zero-order valence-corrected chi connectivity index (χ0v) is 12.7. The van der Waals surface area contributed by atoms with Crippen molar-refractivity contribution in [3.05, 3.63) is 23.8 Å². The Balaban J connectivity index is 2.98. The number of nitrogens with two attached hydrogens (primary N) is 1. The largest absolute Gasteiger partial charge is 0.384 e. The van der Waals surface area contributed by atoms with E-state index in [1.165, 1.54) is 0 Å². The number of ether oxygens (including phenoxy) is 1. The Labute approximate surface area is 119 Å². The number of hydrogen-bond acceptors (Lipinski definition) is 4. The molecule has 106 valence electrons. The summed E-state index contributed by atoms with van der Waals surface area (Å²) in [4.78, 5) is 3.15. The summed E-state index contributed by atoms with van der Waals surface area (Å²) in [6, 6.07) is 6.03. The van der Waals surface area contributed by atoms with E-state index in [1.54, 1.807) is 11.8 Å². The maximum atomic E-state index is 7.81. The van der Waals surface area contributed by atoms with E-state index in [1.807, 2.05) is 32.2 Å². The number of hydrogen-bond donors (Lipinski definition) is 2. The van der Waals surface area contributed by atoms with Gasteiger partial charge in [-0.2, -0.15) is 0 Å². The van der Waals surface area contributed by atoms with Crippen LogP contribution in [0.25, 0.3) is 0 Å². The van der Waals surface area contributed by atoms with E-state index < -0.39 is 0 Å². The lowest BCUT2D eigenvalue weighted by atomic mass is 10.1. The van der Waals surface area contributed by atoms with Gasteiger partial charge in [-0.25, -0.2) is 0 Å². The second-order valence-electron chi connectivity index (χ2n) is 4.12. The van der Waals surface area contributed by atoms with E-state index in [0.29, 0.717) is 6.61 Å². The summed E-state index contributed by atoms with van der Waals surface area (Å²) in [7, 11) is 2.00. The number of nitrogens with one attached hydrogen (secondary N) is 1. The Bertz CT molecular complexity index is 423. The van der Waals surface area contributed by atoms with E-state index in [0.717, 1.165) is 35.1 Å². The summed E-state index contributed by atoms with van der Waals surface area (Å²) in [5, 5.41) is 7.81. The number of nitrogens with zero attached hydrogens (tertiary/aromatic N) is 1. The molecule has 0 bridgehead atoms. The van der Waals surface area contributed by atoms with Gasteiger partial charge in [0.25, 0.3) is 0 Å². The first kappa shape index (κ1) is 15.9. The molecule has 0 heterocycles. The lowest BCUT2D eigenvalue weighted by molar-refractivity contribution is 0.154. The van der Waals surface area contributed by atoms with Gasteiger partial charge in [0.05, 0.1) is 12.2 Å². The summed E-state index contributed by atoms with van der Waals surface area (Å²) in [6.07, 6.45) is 0. The monoisotopic (exact) mass is 281 g/mol. The molecule has 0 aliphatic carbocycles. The molecule has 4 nitrogen and oxygen atoms in total. The third-order valence-corrected chi connectivity index (χ3v) is 3.70. The van der Waals surface area contributed by atoms with Crippen LogP contribution in [-0.4, -0.2) is 38.4 Å². The van der Waals surface area contributed by atoms with Crippen LogP contribution in [0, 0.1) is 5.41 Å². The molecule has 0 aliphatic rings. The second kappa shape index (κ2) is 8.07. The van der Waals surface area contributed by atoms with Crippen molar-refractivity contribution in [3.63, 3.8) is 0 Å². The fraction of sp³-hybridized carbons (Fsp3) is 0.500. The summed E-state index contributed by atoms with van der Waals surface area (Å²) in [5.41, 5.74) is 7.57. The van der Waals surface area contributed by atoms with Crippen molar-refractivity contribution in [1.82, 2.24) is 0 Å². The standard InChI is InChI=1S/C14H23N3OS/c1-4-18-10-9-17(3)11-7-6-8-12(19-5-2)13(11)14(15)16/h6-8H,4-5,9-10H2,1-3H3,(H3,15,16). The molecule has 3 N–H and O–H groups in total. The number of anilines is 1. The number of nitrogen functional groups attached to an aromatic ring is 1. The average Bonchev–Trinajstić information content (AvgIpc) is 2.38. The number of thioether (sulfide) groups is 1. The molecule has 1 aromatic rings. The Hall–Kier alpha value is -1.20. The van der Waals surface area contributed by atoms with Gasteiger partial charge in [-0.15, -0.1) is 11.8 Å². The fourth-order valence-electron chi connectivity index (χ4n) is 1.85. The molecular weight excluding hydrogens is 258 g/mol. The highest BCUT2D eigenvalue weighted by molar-refractivity contribution is 7.99. The molecule has 0 unspecified atom stereocenters. The first-order valence-electron chi connectivity index (χ1n) is 6.50. The van der Waals surface area contributed by atoms with Gasteiger partial charge in [0.2, 0.25) is 0 Å². The van der Waals surface area contributed by atoms with Gasteiger partial charge in [-0.05, 0) is 24.8 Å². The van der Waals surface area contributed by atoms with E-state index in [9.17, 15) is 0 Å². The number of rotatable bonds is 8. The normalized spacial score (nSPS) is 10.5. The quantitative estimate of drug-likeness (QED) is 0.333. The van der Waals surface area contributed by atoms with Gasteiger partial charge in [0, 0.05) is 30.8 Å². The molecule has 0 spiro atoms. The number of likely N-dealkylation sites (N-methyl/N-ethyl adjacent to an activating group) is 1. The summed E-state index contributed by atoms with van der Waals surface area (Å²) >= 11 is 1.71. The molecule has 1 aromatic carbocycles. The minimum Gasteiger partial charge on any atom is -0.384 e. The molecule has 0 amide bonds. The molecule has 0 saturated carbocycles. The fourth-order valence-corrected chi connectivity index (χ4v) is 2.70. The topological polar surface area (TPSA) is 62.3 Å². The van der Waals surface area contributed by atoms with Gasteiger partial charge >= 0.3 is 0 Å². The molecule has 19 heavy (non-hydrogen) atoms. The van der Waals surface area contributed by atoms with Gasteiger partial charge in [-0.1, -0.05) is 13.0 Å². The minimum atomic E-state index is 0.120. The van der Waals surface area contributed by atoms with Crippen LogP contribution in [0.5, 0.6) is 0 Å². The average molecular weight is 281 g/mol. The van der Waals surface area contributed by atoms with Crippen LogP contribution in [0.3, 0.4) is 0 Å². The Morgan fingerprint density at radius 3 is 2.74 bits per heavy atom. The highest BCUT2D eigenvalue weighted by Crippen LogP contribution is 2.29. The zero-order chi connectivity index (χ0) is 14.3. The van der Waals surface area contributed by atoms with Crippen molar-refractivity contribution in [1.29, 1.82) is 5.41 Å². The first-order chi connectivity index (χ1) is 9.11. The molecular formula is C14H23N3OS. The third kappa shape index (κ3) is 4.44. The lowest BCUT2D eigenvalue weighted by Gasteiger charge is -2.23. The van der Waals surface area contributed by atoms with Crippen molar-refractivity contribution in [3.8, 4) is 0 Å². The zero-order valence-electron chi connectivity index (χ0n) is 11.9. The second-order valence-corrected chi connectivity index (χ2v) is 5.42. The van der Waals surface area contributed by atoms with E-state index in [4.69, 9.17) is 15.9 Å². The van der Waals surface area contributed by atoms with Crippen molar-refractivity contribution in [2.24, 2.45) is 5.73 Å². The summed E-state index contributed by atoms with van der Waals surface area (Å²) in [6.45, 7) is 6.27. The smallest absolute Gasteiger partial charge is 0.126 e. The van der Waals surface area contributed by atoms with Crippen LogP contribution in [0.15, 0.2) is 23.1 Å². The minimum absolute atomic E-state index is 0.120. The molecule has 0 aromatic heterocycles. The molecule has 0 fully saturated rings. The molecule has 0 aliphatic heterocycles. The molecule has 0 radical (unpaired) electrons. The van der Waals surface area contributed by atoms with E-state index in [2.05, 4.69) is 11.8 Å². The summed E-state index contributed by atoms with van der Waals surface area (Å²) < 4.78 is 5.37. The van der Waals surface area contributed by atoms with Crippen LogP contribution >= 0.6 is 11.8 Å². The maximum absolute atomic E-state index is 7.81. The highest BCUT2D eigenvalue weighted by Gasteiger charge is 2.14. The number of benzene rings is 1. The van der Waals surface area contributed by atoms with E-state index >= 15 is 0 Å². The molecule has 1 rings (SSSR count). The Kier molecular flexibility index (Phi) is 6.73. The van der Waals surface area contributed by atoms with Gasteiger partial charge in [-0.3, -0.25) is 5.41 Å². The van der Waals surface area contributed by atoms with Crippen LogP contribution < -0.4 is 10.6 Å². The maximum Gasteiger partial charge on any atom is 0.126 e. The lowest BCUT2D eigenvalue weighted by Crippen LogP contribution is -2.26. The van der Waals surface area contributed by atoms with Crippen LogP contribution in [0.4, 0.5) is 5.69 Å². The van der Waals surface area contributed by atoms with Crippen LogP contribution in [0.2, 0.25) is 0 Å². The van der Waals surface area contributed by atoms with Gasteiger partial charge in [0.1, 0.15) is 5.84 Å². The van der Waals surface area contributed by atoms with Crippen molar-refractivity contribution < 1.29 is 4.74 Å².